The molecule has 8 heteroatoms. The minimum Gasteiger partial charge on any atom is -0.477 e. The van der Waals surface area contributed by atoms with Gasteiger partial charge in [-0.15, -0.1) is 11.8 Å². The van der Waals surface area contributed by atoms with E-state index in [9.17, 15) is 14.7 Å². The van der Waals surface area contributed by atoms with Crippen molar-refractivity contribution >= 4 is 43.7 Å². The van der Waals surface area contributed by atoms with E-state index in [4.69, 9.17) is 4.43 Å². The Morgan fingerprint density at radius 2 is 2.04 bits per heavy atom. The second-order valence-electron chi connectivity index (χ2n) is 8.12. The number of aliphatic carboxylic acids is 1. The second-order valence-corrected chi connectivity index (χ2v) is 15.4. The molecule has 0 saturated carbocycles. The minimum atomic E-state index is -1.98. The average molecular weight is 404 g/mol. The fraction of sp³-hybridized carbons (Fsp3) is 0.765. The zero-order valence-corrected chi connectivity index (χ0v) is 18.7. The summed E-state index contributed by atoms with van der Waals surface area (Å²) in [7, 11) is -1.98. The van der Waals surface area contributed by atoms with Gasteiger partial charge in [0.05, 0.1) is 16.3 Å². The number of fused-ring (bicyclic) bond motifs is 1. The Morgan fingerprint density at radius 1 is 1.44 bits per heavy atom. The molecule has 2 aliphatic heterocycles. The quantitative estimate of drug-likeness (QED) is 0.504. The molecule has 2 aliphatic rings. The minimum absolute atomic E-state index is 0.0726. The number of carboxylic acid groups (broad SMARTS) is 1. The molecule has 0 aliphatic carbocycles. The molecule has 2 rings (SSSR count). The zero-order valence-electron chi connectivity index (χ0n) is 16.1. The lowest BCUT2D eigenvalue weighted by atomic mass is 9.92. The van der Waals surface area contributed by atoms with Crippen molar-refractivity contribution in [3.8, 4) is 0 Å². The van der Waals surface area contributed by atoms with Crippen molar-refractivity contribution in [2.45, 2.75) is 70.6 Å². The van der Waals surface area contributed by atoms with Gasteiger partial charge >= 0.3 is 5.97 Å². The highest BCUT2D eigenvalue weighted by Gasteiger charge is 2.59. The van der Waals surface area contributed by atoms with Crippen LogP contribution in [0.3, 0.4) is 0 Å². The summed E-state index contributed by atoms with van der Waals surface area (Å²) in [6, 6.07) is 0. The summed E-state index contributed by atoms with van der Waals surface area (Å²) < 4.78 is 7.16. The molecule has 25 heavy (non-hydrogen) atoms. The maximum atomic E-state index is 12.7. The van der Waals surface area contributed by atoms with Gasteiger partial charge in [-0.2, -0.15) is 0 Å². The molecule has 0 radical (unpaired) electrons. The molecule has 1 saturated heterocycles. The summed E-state index contributed by atoms with van der Waals surface area (Å²) >= 11 is 3.05. The van der Waals surface area contributed by atoms with Crippen molar-refractivity contribution in [2.75, 3.05) is 5.75 Å². The SMILES string of the molecule is CCCSC1=C(C(=O)O)N2C(=O)[C@@H]([C@@H](C)O[Si](C)(C)C(C)(C)C)[C@@H]2S1. The summed E-state index contributed by atoms with van der Waals surface area (Å²) in [6.45, 7) is 14.9. The maximum Gasteiger partial charge on any atom is 0.354 e. The third-order valence-electron chi connectivity index (χ3n) is 5.18. The zero-order chi connectivity index (χ0) is 19.2. The summed E-state index contributed by atoms with van der Waals surface area (Å²) in [5.74, 6) is -0.547. The first-order chi connectivity index (χ1) is 11.4. The fourth-order valence-corrected chi connectivity index (χ4v) is 7.02. The highest BCUT2D eigenvalue weighted by Crippen LogP contribution is 2.54. The average Bonchev–Trinajstić information content (AvgIpc) is 2.77. The van der Waals surface area contributed by atoms with Gasteiger partial charge in [-0.25, -0.2) is 4.79 Å². The Morgan fingerprint density at radius 3 is 2.52 bits per heavy atom. The number of rotatable bonds is 7. The molecule has 0 aromatic rings. The summed E-state index contributed by atoms with van der Waals surface area (Å²) in [4.78, 5) is 25.8. The number of hydrogen-bond acceptors (Lipinski definition) is 5. The molecular weight excluding hydrogens is 374 g/mol. The summed E-state index contributed by atoms with van der Waals surface area (Å²) in [5.41, 5.74) is 0.161. The molecule has 0 bridgehead atoms. The van der Waals surface area contributed by atoms with Crippen LogP contribution in [0.2, 0.25) is 18.1 Å². The van der Waals surface area contributed by atoms with Gasteiger partial charge in [-0.1, -0.05) is 39.5 Å². The van der Waals surface area contributed by atoms with Gasteiger partial charge < -0.3 is 9.53 Å². The first-order valence-corrected chi connectivity index (χ1v) is 13.5. The van der Waals surface area contributed by atoms with Crippen LogP contribution in [0.15, 0.2) is 9.93 Å². The number of thioether (sulfide) groups is 2. The molecule has 5 nitrogen and oxygen atoms in total. The van der Waals surface area contributed by atoms with Crippen LogP contribution in [-0.2, 0) is 14.0 Å². The standard InChI is InChI=1S/C17H29NO4S2Si/c1-8-9-23-16-12(15(20)21)18-13(19)11(14(18)24-16)10(2)22-25(6,7)17(3,4)5/h10-11,14H,8-9H2,1-7H3,(H,20,21)/t10-,11-,14+/m1/s1. The Hall–Kier alpha value is -0.443. The highest BCUT2D eigenvalue weighted by atomic mass is 32.2. The number of β-lactam (4-membered cyclic amide) rings is 1. The van der Waals surface area contributed by atoms with Crippen molar-refractivity contribution in [2.24, 2.45) is 5.92 Å². The molecule has 1 amide bonds. The highest BCUT2D eigenvalue weighted by molar-refractivity contribution is 8.22. The van der Waals surface area contributed by atoms with Crippen LogP contribution in [0.25, 0.3) is 0 Å². The first-order valence-electron chi connectivity index (χ1n) is 8.70. The van der Waals surface area contributed by atoms with Crippen LogP contribution in [0.5, 0.6) is 0 Å². The van der Waals surface area contributed by atoms with E-state index in [1.165, 1.54) is 28.4 Å². The Labute approximate surface area is 160 Å². The van der Waals surface area contributed by atoms with Crippen LogP contribution in [0, 0.1) is 5.92 Å². The molecule has 0 unspecified atom stereocenters. The molecule has 1 fully saturated rings. The van der Waals surface area contributed by atoms with Crippen molar-refractivity contribution in [1.82, 2.24) is 4.90 Å². The molecule has 0 aromatic carbocycles. The maximum absolute atomic E-state index is 12.7. The van der Waals surface area contributed by atoms with E-state index in [0.29, 0.717) is 0 Å². The number of nitrogens with zero attached hydrogens (tertiary/aromatic N) is 1. The lowest BCUT2D eigenvalue weighted by Crippen LogP contribution is -2.62. The topological polar surface area (TPSA) is 66.8 Å². The van der Waals surface area contributed by atoms with E-state index in [2.05, 4.69) is 40.8 Å². The van der Waals surface area contributed by atoms with Crippen LogP contribution in [0.4, 0.5) is 0 Å². The smallest absolute Gasteiger partial charge is 0.354 e. The predicted octanol–water partition coefficient (Wildman–Crippen LogP) is 4.32. The number of carboxylic acids is 1. The van der Waals surface area contributed by atoms with Crippen LogP contribution in [0.1, 0.15) is 41.0 Å². The lowest BCUT2D eigenvalue weighted by Gasteiger charge is -2.48. The van der Waals surface area contributed by atoms with Crippen molar-refractivity contribution < 1.29 is 19.1 Å². The van der Waals surface area contributed by atoms with Crippen LogP contribution < -0.4 is 0 Å². The number of carbonyl (C=O) groups is 2. The molecule has 1 N–H and O–H groups in total. The number of amides is 1. The Bertz CT molecular complexity index is 600. The summed E-state index contributed by atoms with van der Waals surface area (Å²) in [5, 5.41) is 9.47. The molecular formula is C17H29NO4S2Si. The fourth-order valence-electron chi connectivity index (χ4n) is 2.75. The lowest BCUT2D eigenvalue weighted by molar-refractivity contribution is -0.156. The molecule has 0 aromatic heterocycles. The Kier molecular flexibility index (Phi) is 6.08. The van der Waals surface area contributed by atoms with E-state index in [1.807, 2.05) is 6.92 Å². The van der Waals surface area contributed by atoms with E-state index < -0.39 is 14.3 Å². The van der Waals surface area contributed by atoms with Crippen molar-refractivity contribution in [3.05, 3.63) is 9.93 Å². The molecule has 3 atom stereocenters. The van der Waals surface area contributed by atoms with Gasteiger partial charge in [0.2, 0.25) is 5.91 Å². The molecule has 2 heterocycles. The van der Waals surface area contributed by atoms with Crippen molar-refractivity contribution in [1.29, 1.82) is 0 Å². The normalized spacial score (nSPS) is 25.1. The summed E-state index contributed by atoms with van der Waals surface area (Å²) in [6.07, 6.45) is 0.766. The van der Waals surface area contributed by atoms with E-state index in [1.54, 1.807) is 0 Å². The molecule has 142 valence electrons. The van der Waals surface area contributed by atoms with Gasteiger partial charge in [0.25, 0.3) is 0 Å². The van der Waals surface area contributed by atoms with Crippen LogP contribution in [-0.4, -0.2) is 47.4 Å². The third-order valence-corrected chi connectivity index (χ3v) is 12.6. The largest absolute Gasteiger partial charge is 0.477 e. The van der Waals surface area contributed by atoms with Gasteiger partial charge in [-0.3, -0.25) is 9.69 Å². The van der Waals surface area contributed by atoms with Gasteiger partial charge in [0, 0.05) is 0 Å². The van der Waals surface area contributed by atoms with E-state index in [0.717, 1.165) is 16.4 Å². The van der Waals surface area contributed by atoms with Gasteiger partial charge in [0.15, 0.2) is 14.0 Å². The monoisotopic (exact) mass is 403 g/mol. The van der Waals surface area contributed by atoms with E-state index in [-0.39, 0.29) is 34.0 Å². The first kappa shape index (κ1) is 20.9. The second kappa shape index (κ2) is 7.29. The van der Waals surface area contributed by atoms with Crippen molar-refractivity contribution in [3.63, 3.8) is 0 Å². The number of carbonyl (C=O) groups excluding carboxylic acids is 1. The molecule has 0 spiro atoms. The van der Waals surface area contributed by atoms with Gasteiger partial charge in [-0.05, 0) is 37.2 Å². The van der Waals surface area contributed by atoms with E-state index >= 15 is 0 Å². The number of hydrogen-bond donors (Lipinski definition) is 1. The third kappa shape index (κ3) is 3.82. The Balaban J connectivity index is 2.14. The van der Waals surface area contributed by atoms with Gasteiger partial charge in [0.1, 0.15) is 5.37 Å². The van der Waals surface area contributed by atoms with Crippen LogP contribution >= 0.6 is 23.5 Å². The predicted molar refractivity (Wildman–Crippen MR) is 107 cm³/mol.